The molecule has 2 fully saturated rings. The number of amides is 1. The van der Waals surface area contributed by atoms with E-state index in [2.05, 4.69) is 62.6 Å². The fraction of sp³-hybridized carbons (Fsp3) is 0.650. The van der Waals surface area contributed by atoms with Gasteiger partial charge in [-0.25, -0.2) is 0 Å². The highest BCUT2D eigenvalue weighted by Crippen LogP contribution is 2.41. The second kappa shape index (κ2) is 5.94. The molecule has 0 aromatic heterocycles. The molecule has 3 rings (SSSR count). The van der Waals surface area contributed by atoms with Crippen molar-refractivity contribution in [2.24, 2.45) is 5.92 Å². The van der Waals surface area contributed by atoms with Crippen molar-refractivity contribution in [2.75, 3.05) is 0 Å². The zero-order chi connectivity index (χ0) is 16.7. The van der Waals surface area contributed by atoms with Gasteiger partial charge in [0, 0.05) is 29.5 Å². The molecule has 3 heteroatoms. The summed E-state index contributed by atoms with van der Waals surface area (Å²) in [7, 11) is 0. The van der Waals surface area contributed by atoms with Gasteiger partial charge in [0.05, 0.1) is 0 Å². The average Bonchev–Trinajstić information content (AvgIpc) is 3.14. The van der Waals surface area contributed by atoms with Gasteiger partial charge in [0.1, 0.15) is 0 Å². The lowest BCUT2D eigenvalue weighted by Crippen LogP contribution is -2.58. The molecule has 3 nitrogen and oxygen atoms in total. The van der Waals surface area contributed by atoms with Crippen LogP contribution in [0.1, 0.15) is 64.9 Å². The summed E-state index contributed by atoms with van der Waals surface area (Å²) >= 11 is 0. The summed E-state index contributed by atoms with van der Waals surface area (Å²) in [5.74, 6) is 1.21. The fourth-order valence-corrected chi connectivity index (χ4v) is 4.63. The molecular weight excluding hydrogens is 284 g/mol. The van der Waals surface area contributed by atoms with Crippen LogP contribution in [0.3, 0.4) is 0 Å². The van der Waals surface area contributed by atoms with E-state index in [1.807, 2.05) is 6.07 Å². The summed E-state index contributed by atoms with van der Waals surface area (Å²) in [5.41, 5.74) is 1.57. The first-order valence-electron chi connectivity index (χ1n) is 8.88. The van der Waals surface area contributed by atoms with Crippen molar-refractivity contribution in [3.05, 3.63) is 35.9 Å². The van der Waals surface area contributed by atoms with E-state index in [1.54, 1.807) is 0 Å². The third-order valence-corrected chi connectivity index (χ3v) is 5.11. The van der Waals surface area contributed by atoms with Crippen LogP contribution in [0.15, 0.2) is 30.3 Å². The zero-order valence-electron chi connectivity index (χ0n) is 14.9. The Hall–Kier alpha value is -1.35. The standard InChI is InChI=1S/C20H30N2O/c1-19(2)12-14(13-20(3,4)22-19)10-18(23)21-17-11-16(17)15-8-6-5-7-9-15/h5-9,14,16-17,22H,10-13H2,1-4H3,(H,21,23)/t16-,17+/m0/s1. The van der Waals surface area contributed by atoms with Crippen molar-refractivity contribution in [2.45, 2.75) is 76.4 Å². The van der Waals surface area contributed by atoms with Gasteiger partial charge >= 0.3 is 0 Å². The third-order valence-electron chi connectivity index (χ3n) is 5.11. The minimum absolute atomic E-state index is 0.110. The SMILES string of the molecule is CC1(C)CC(CC(=O)N[C@@H]2C[C@H]2c2ccccc2)CC(C)(C)N1. The monoisotopic (exact) mass is 314 g/mol. The summed E-state index contributed by atoms with van der Waals surface area (Å²) < 4.78 is 0. The first kappa shape index (κ1) is 16.5. The molecule has 2 atom stereocenters. The van der Waals surface area contributed by atoms with Crippen LogP contribution >= 0.6 is 0 Å². The van der Waals surface area contributed by atoms with Gasteiger partial charge in [0.25, 0.3) is 0 Å². The second-order valence-electron chi connectivity index (χ2n) is 8.80. The molecule has 126 valence electrons. The molecule has 1 saturated carbocycles. The van der Waals surface area contributed by atoms with Gasteiger partial charge < -0.3 is 10.6 Å². The average molecular weight is 314 g/mol. The summed E-state index contributed by atoms with van der Waals surface area (Å²) in [6.07, 6.45) is 3.87. The Balaban J connectivity index is 1.51. The molecule has 0 bridgehead atoms. The Morgan fingerprint density at radius 3 is 2.35 bits per heavy atom. The topological polar surface area (TPSA) is 41.1 Å². The number of carbonyl (C=O) groups excluding carboxylic acids is 1. The molecular formula is C20H30N2O. The van der Waals surface area contributed by atoms with Crippen molar-refractivity contribution in [3.63, 3.8) is 0 Å². The fourth-order valence-electron chi connectivity index (χ4n) is 4.63. The maximum atomic E-state index is 12.4. The van der Waals surface area contributed by atoms with Gasteiger partial charge in [-0.15, -0.1) is 0 Å². The van der Waals surface area contributed by atoms with Gasteiger partial charge in [0.2, 0.25) is 5.91 Å². The lowest BCUT2D eigenvalue weighted by atomic mass is 9.74. The van der Waals surface area contributed by atoms with Crippen molar-refractivity contribution in [1.82, 2.24) is 10.6 Å². The van der Waals surface area contributed by atoms with Gasteiger partial charge in [-0.05, 0) is 58.4 Å². The molecule has 0 spiro atoms. The summed E-state index contributed by atoms with van der Waals surface area (Å²) in [5, 5.41) is 6.93. The Kier molecular flexibility index (Phi) is 4.26. The first-order valence-corrected chi connectivity index (χ1v) is 8.88. The molecule has 2 N–H and O–H groups in total. The van der Waals surface area contributed by atoms with Gasteiger partial charge in [-0.3, -0.25) is 4.79 Å². The number of carbonyl (C=O) groups is 1. The van der Waals surface area contributed by atoms with E-state index in [1.165, 1.54) is 5.56 Å². The van der Waals surface area contributed by atoms with Crippen LogP contribution in [0.2, 0.25) is 0 Å². The number of nitrogens with one attached hydrogen (secondary N) is 2. The van der Waals surface area contributed by atoms with E-state index in [0.29, 0.717) is 24.3 Å². The molecule has 1 aliphatic carbocycles. The smallest absolute Gasteiger partial charge is 0.220 e. The summed E-state index contributed by atoms with van der Waals surface area (Å²) in [4.78, 5) is 12.4. The van der Waals surface area contributed by atoms with Crippen LogP contribution in [0.4, 0.5) is 0 Å². The second-order valence-corrected chi connectivity index (χ2v) is 8.80. The number of hydrogen-bond donors (Lipinski definition) is 2. The number of benzene rings is 1. The van der Waals surface area contributed by atoms with Crippen molar-refractivity contribution in [3.8, 4) is 0 Å². The van der Waals surface area contributed by atoms with Crippen LogP contribution in [0, 0.1) is 5.92 Å². The highest BCUT2D eigenvalue weighted by Gasteiger charge is 2.41. The zero-order valence-corrected chi connectivity index (χ0v) is 14.9. The Morgan fingerprint density at radius 2 is 1.74 bits per heavy atom. The molecule has 2 aliphatic rings. The Bertz CT molecular complexity index is 548. The lowest BCUT2D eigenvalue weighted by Gasteiger charge is -2.46. The predicted octanol–water partition coefficient (Wildman–Crippen LogP) is 3.61. The van der Waals surface area contributed by atoms with E-state index in [0.717, 1.165) is 19.3 Å². The van der Waals surface area contributed by atoms with E-state index < -0.39 is 0 Å². The molecule has 1 heterocycles. The Morgan fingerprint density at radius 1 is 1.13 bits per heavy atom. The number of rotatable bonds is 4. The van der Waals surface area contributed by atoms with Gasteiger partial charge in [-0.2, -0.15) is 0 Å². The first-order chi connectivity index (χ1) is 10.7. The van der Waals surface area contributed by atoms with Crippen molar-refractivity contribution >= 4 is 5.91 Å². The van der Waals surface area contributed by atoms with Crippen LogP contribution in [-0.4, -0.2) is 23.0 Å². The van der Waals surface area contributed by atoms with Crippen LogP contribution in [-0.2, 0) is 4.79 Å². The minimum Gasteiger partial charge on any atom is -0.353 e. The molecule has 0 radical (unpaired) electrons. The Labute approximate surface area is 140 Å². The normalized spacial score (nSPS) is 29.0. The number of piperidine rings is 1. The number of hydrogen-bond acceptors (Lipinski definition) is 2. The maximum Gasteiger partial charge on any atom is 0.220 e. The maximum absolute atomic E-state index is 12.4. The third kappa shape index (κ3) is 4.35. The van der Waals surface area contributed by atoms with Crippen molar-refractivity contribution < 1.29 is 4.79 Å². The van der Waals surface area contributed by atoms with Crippen molar-refractivity contribution in [1.29, 1.82) is 0 Å². The quantitative estimate of drug-likeness (QED) is 0.891. The summed E-state index contributed by atoms with van der Waals surface area (Å²) in [6.45, 7) is 8.96. The lowest BCUT2D eigenvalue weighted by molar-refractivity contribution is -0.122. The highest BCUT2D eigenvalue weighted by atomic mass is 16.1. The molecule has 1 aliphatic heterocycles. The molecule has 1 saturated heterocycles. The molecule has 23 heavy (non-hydrogen) atoms. The molecule has 1 aromatic rings. The van der Waals surface area contributed by atoms with Crippen LogP contribution in [0.25, 0.3) is 0 Å². The van der Waals surface area contributed by atoms with Crippen LogP contribution in [0.5, 0.6) is 0 Å². The van der Waals surface area contributed by atoms with Gasteiger partial charge in [-0.1, -0.05) is 30.3 Å². The van der Waals surface area contributed by atoms with E-state index in [9.17, 15) is 4.79 Å². The highest BCUT2D eigenvalue weighted by molar-refractivity contribution is 5.77. The van der Waals surface area contributed by atoms with E-state index in [-0.39, 0.29) is 17.0 Å². The minimum atomic E-state index is 0.110. The van der Waals surface area contributed by atoms with E-state index >= 15 is 0 Å². The molecule has 1 aromatic carbocycles. The largest absolute Gasteiger partial charge is 0.353 e. The summed E-state index contributed by atoms with van der Waals surface area (Å²) in [6, 6.07) is 10.9. The molecule has 1 amide bonds. The van der Waals surface area contributed by atoms with Crippen LogP contribution < -0.4 is 10.6 Å². The predicted molar refractivity (Wildman–Crippen MR) is 94.4 cm³/mol. The van der Waals surface area contributed by atoms with Gasteiger partial charge in [0.15, 0.2) is 0 Å². The molecule has 0 unspecified atom stereocenters. The van der Waals surface area contributed by atoms with E-state index in [4.69, 9.17) is 0 Å².